The minimum absolute atomic E-state index is 0.0136. The monoisotopic (exact) mass is 606 g/mol. The number of carboxylic acid groups (broad SMARTS) is 1. The average Bonchev–Trinajstić information content (AvgIpc) is 3.23. The van der Waals surface area contributed by atoms with E-state index in [0.29, 0.717) is 10.7 Å². The highest BCUT2D eigenvalue weighted by atomic mass is 79.9. The van der Waals surface area contributed by atoms with Crippen LogP contribution in [-0.2, 0) is 35.7 Å². The number of hydrogen-bond acceptors (Lipinski definition) is 13. The van der Waals surface area contributed by atoms with Crippen LogP contribution in [0.15, 0.2) is 21.8 Å². The van der Waals surface area contributed by atoms with Gasteiger partial charge in [0.2, 0.25) is 23.2 Å². The molecule has 1 fully saturated rings. The number of alkyl halides is 1. The standard InChI is InChI=1S/C18H19BrN6O9S2/c1-24-11(16(29)32-2)21-22-17(24)36-6-7-5-35-15-10(13(28)25(15)14(7)34-18(30)31)20-12(27)9(23-33-3)8(26)4-19/h10,15H,4-6H2,1-3H3,(H,20,27)(H,30,31)/b23-9-/t10-,15-/m1/s1. The van der Waals surface area contributed by atoms with Crippen molar-refractivity contribution in [2.24, 2.45) is 12.2 Å². The molecule has 0 spiro atoms. The minimum atomic E-state index is -1.62. The van der Waals surface area contributed by atoms with Crippen LogP contribution in [0.1, 0.15) is 10.6 Å². The van der Waals surface area contributed by atoms with E-state index in [-0.39, 0.29) is 28.5 Å². The Bertz CT molecular complexity index is 1170. The summed E-state index contributed by atoms with van der Waals surface area (Å²) in [5.41, 5.74) is -0.0495. The Morgan fingerprint density at radius 3 is 2.64 bits per heavy atom. The van der Waals surface area contributed by atoms with E-state index in [1.54, 1.807) is 7.05 Å². The molecule has 2 amide bonds. The molecule has 0 aliphatic carbocycles. The Balaban J connectivity index is 1.77. The van der Waals surface area contributed by atoms with Crippen LogP contribution in [0.3, 0.4) is 0 Å². The van der Waals surface area contributed by atoms with Crippen LogP contribution >= 0.6 is 39.5 Å². The number of ether oxygens (including phenoxy) is 2. The van der Waals surface area contributed by atoms with Gasteiger partial charge in [0.05, 0.1) is 12.4 Å². The van der Waals surface area contributed by atoms with Crippen LogP contribution in [-0.4, -0.2) is 103 Å². The molecular weight excluding hydrogens is 588 g/mol. The van der Waals surface area contributed by atoms with Crippen molar-refractivity contribution in [1.82, 2.24) is 25.0 Å². The fraction of sp³-hybridized carbons (Fsp3) is 0.444. The second-order valence-electron chi connectivity index (χ2n) is 6.96. The van der Waals surface area contributed by atoms with Crippen molar-refractivity contribution in [3.8, 4) is 0 Å². The van der Waals surface area contributed by atoms with E-state index in [4.69, 9.17) is 4.74 Å². The maximum Gasteiger partial charge on any atom is 0.512 e. The van der Waals surface area contributed by atoms with Gasteiger partial charge in [-0.1, -0.05) is 32.8 Å². The molecule has 1 saturated heterocycles. The molecule has 194 valence electrons. The summed E-state index contributed by atoms with van der Waals surface area (Å²) in [6.45, 7) is 0. The van der Waals surface area contributed by atoms with Crippen LogP contribution in [0, 0.1) is 0 Å². The van der Waals surface area contributed by atoms with Gasteiger partial charge in [0.15, 0.2) is 5.16 Å². The molecule has 36 heavy (non-hydrogen) atoms. The van der Waals surface area contributed by atoms with E-state index < -0.39 is 46.8 Å². The SMILES string of the molecule is CO/N=C(/C(=O)CBr)C(=O)N[C@@H]1C(=O)N2C(OC(=O)O)=C(CSc3nnc(C(=O)OC)n3C)CS[C@H]12. The first kappa shape index (κ1) is 27.5. The molecule has 15 nitrogen and oxygen atoms in total. The number of carbonyl (C=O) groups is 5. The lowest BCUT2D eigenvalue weighted by Crippen LogP contribution is -2.71. The maximum absolute atomic E-state index is 12.9. The molecule has 2 N–H and O–H groups in total. The lowest BCUT2D eigenvalue weighted by Gasteiger charge is -2.49. The molecule has 3 rings (SSSR count). The number of thioether (sulfide) groups is 2. The fourth-order valence-electron chi connectivity index (χ4n) is 3.15. The Morgan fingerprint density at radius 1 is 1.31 bits per heavy atom. The zero-order chi connectivity index (χ0) is 26.6. The number of fused-ring (bicyclic) bond motifs is 1. The number of oxime groups is 1. The smallest absolute Gasteiger partial charge is 0.463 e. The number of esters is 1. The number of aromatic nitrogens is 3. The van der Waals surface area contributed by atoms with Crippen LogP contribution in [0.2, 0.25) is 0 Å². The summed E-state index contributed by atoms with van der Waals surface area (Å²) < 4.78 is 11.0. The number of amides is 2. The van der Waals surface area contributed by atoms with Crippen LogP contribution in [0.5, 0.6) is 0 Å². The summed E-state index contributed by atoms with van der Waals surface area (Å²) in [7, 11) is 3.94. The summed E-state index contributed by atoms with van der Waals surface area (Å²) in [5, 5.41) is 22.3. The van der Waals surface area contributed by atoms with E-state index in [9.17, 15) is 29.1 Å². The van der Waals surface area contributed by atoms with Crippen molar-refractivity contribution in [3.63, 3.8) is 0 Å². The highest BCUT2D eigenvalue weighted by Crippen LogP contribution is 2.41. The van der Waals surface area contributed by atoms with E-state index >= 15 is 0 Å². The summed E-state index contributed by atoms with van der Waals surface area (Å²) in [5.74, 6) is -2.62. The summed E-state index contributed by atoms with van der Waals surface area (Å²) in [4.78, 5) is 66.0. The molecule has 0 radical (unpaired) electrons. The van der Waals surface area contributed by atoms with Gasteiger partial charge in [-0.05, 0) is 0 Å². The molecule has 3 heterocycles. The largest absolute Gasteiger partial charge is 0.512 e. The Morgan fingerprint density at radius 2 is 2.03 bits per heavy atom. The lowest BCUT2D eigenvalue weighted by atomic mass is 10.1. The fourth-order valence-corrected chi connectivity index (χ4v) is 5.78. The first-order valence-corrected chi connectivity index (χ1v) is 13.0. The van der Waals surface area contributed by atoms with Crippen molar-refractivity contribution in [2.45, 2.75) is 16.6 Å². The van der Waals surface area contributed by atoms with E-state index in [1.165, 1.54) is 30.5 Å². The predicted octanol–water partition coefficient (Wildman–Crippen LogP) is -0.0337. The molecule has 0 unspecified atom stereocenters. The van der Waals surface area contributed by atoms with Gasteiger partial charge in [-0.3, -0.25) is 23.9 Å². The molecule has 0 saturated carbocycles. The summed E-state index contributed by atoms with van der Waals surface area (Å²) >= 11 is 5.35. The normalized spacial score (nSPS) is 19.3. The summed E-state index contributed by atoms with van der Waals surface area (Å²) in [6.07, 6.45) is -1.62. The summed E-state index contributed by atoms with van der Waals surface area (Å²) in [6, 6.07) is -1.05. The third-order valence-corrected chi connectivity index (χ3v) is 7.78. The Labute approximate surface area is 220 Å². The van der Waals surface area contributed by atoms with Crippen molar-refractivity contribution in [3.05, 3.63) is 17.3 Å². The number of methoxy groups -OCH3 is 1. The zero-order valence-electron chi connectivity index (χ0n) is 18.9. The van der Waals surface area contributed by atoms with E-state index in [1.807, 2.05) is 0 Å². The van der Waals surface area contributed by atoms with Gasteiger partial charge in [0.1, 0.15) is 18.5 Å². The van der Waals surface area contributed by atoms with Crippen LogP contribution in [0.25, 0.3) is 0 Å². The van der Waals surface area contributed by atoms with Gasteiger partial charge in [-0.15, -0.1) is 22.0 Å². The number of Topliss-reactive ketones (excluding diaryl/α,β-unsaturated/α-hetero) is 1. The molecule has 2 atom stereocenters. The topological polar surface area (TPSA) is 192 Å². The number of β-lactam (4-membered cyclic amide) rings is 1. The number of nitrogens with zero attached hydrogens (tertiary/aromatic N) is 5. The average molecular weight is 607 g/mol. The van der Waals surface area contributed by atoms with E-state index in [0.717, 1.165) is 16.7 Å². The third-order valence-electron chi connectivity index (χ3n) is 4.82. The quantitative estimate of drug-likeness (QED) is 0.0686. The van der Waals surface area contributed by atoms with Crippen molar-refractivity contribution >= 4 is 74.9 Å². The van der Waals surface area contributed by atoms with Gasteiger partial charge in [0, 0.05) is 24.1 Å². The molecule has 2 aliphatic rings. The van der Waals surface area contributed by atoms with Gasteiger partial charge in [-0.25, -0.2) is 9.59 Å². The zero-order valence-corrected chi connectivity index (χ0v) is 22.1. The van der Waals surface area contributed by atoms with Crippen molar-refractivity contribution in [1.29, 1.82) is 0 Å². The minimum Gasteiger partial charge on any atom is -0.463 e. The number of ketones is 1. The number of carbonyl (C=O) groups excluding carboxylic acids is 4. The highest BCUT2D eigenvalue weighted by Gasteiger charge is 2.54. The predicted molar refractivity (Wildman–Crippen MR) is 127 cm³/mol. The first-order chi connectivity index (χ1) is 17.1. The number of rotatable bonds is 10. The lowest BCUT2D eigenvalue weighted by molar-refractivity contribution is -0.148. The van der Waals surface area contributed by atoms with Crippen molar-refractivity contribution in [2.75, 3.05) is 31.1 Å². The third kappa shape index (κ3) is 5.49. The maximum atomic E-state index is 12.9. The molecule has 0 bridgehead atoms. The van der Waals surface area contributed by atoms with Crippen LogP contribution in [0.4, 0.5) is 4.79 Å². The Hall–Kier alpha value is -3.12. The first-order valence-electron chi connectivity index (χ1n) is 9.83. The second-order valence-corrected chi connectivity index (χ2v) is 9.57. The molecule has 1 aromatic heterocycles. The van der Waals surface area contributed by atoms with Gasteiger partial charge in [-0.2, -0.15) is 0 Å². The molecule has 0 aromatic carbocycles. The van der Waals surface area contributed by atoms with E-state index in [2.05, 4.69) is 46.2 Å². The Kier molecular flexibility index (Phi) is 8.96. The van der Waals surface area contributed by atoms with Crippen LogP contribution < -0.4 is 5.32 Å². The molecule has 1 aromatic rings. The van der Waals surface area contributed by atoms with Gasteiger partial charge in [0.25, 0.3) is 11.8 Å². The number of nitrogens with one attached hydrogen (secondary N) is 1. The van der Waals surface area contributed by atoms with Crippen molar-refractivity contribution < 1.29 is 43.4 Å². The molecular formula is C18H19BrN6O9S2. The van der Waals surface area contributed by atoms with Gasteiger partial charge >= 0.3 is 12.1 Å². The molecule has 2 aliphatic heterocycles. The number of halogens is 1. The second kappa shape index (κ2) is 11.7. The van der Waals surface area contributed by atoms with Gasteiger partial charge < -0.3 is 24.7 Å². The molecule has 18 heteroatoms. The highest BCUT2D eigenvalue weighted by molar-refractivity contribution is 9.09. The number of hydrogen-bond donors (Lipinski definition) is 2.